The lowest BCUT2D eigenvalue weighted by Crippen LogP contribution is -2.51. The summed E-state index contributed by atoms with van der Waals surface area (Å²) in [5, 5.41) is 25.2. The number of aliphatic hydroxyl groups is 2. The molecule has 0 bridgehead atoms. The monoisotopic (exact) mass is 361 g/mol. The van der Waals surface area contributed by atoms with Crippen LogP contribution in [0.2, 0.25) is 0 Å². The Bertz CT molecular complexity index is 716. The van der Waals surface area contributed by atoms with Crippen LogP contribution in [0, 0.1) is 0 Å². The van der Waals surface area contributed by atoms with Crippen LogP contribution >= 0.6 is 0 Å². The predicted octanol–water partition coefficient (Wildman–Crippen LogP) is 0.334. The van der Waals surface area contributed by atoms with Crippen LogP contribution in [0.4, 0.5) is 0 Å². The van der Waals surface area contributed by atoms with E-state index in [1.54, 1.807) is 30.3 Å². The van der Waals surface area contributed by atoms with Crippen molar-refractivity contribution in [3.8, 4) is 5.75 Å². The van der Waals surface area contributed by atoms with Gasteiger partial charge in [-0.3, -0.25) is 9.48 Å². The number of carbonyl (C=O) groups excluding carboxylic acids is 1. The van der Waals surface area contributed by atoms with Gasteiger partial charge in [0.2, 0.25) is 0 Å². The van der Waals surface area contributed by atoms with Crippen molar-refractivity contribution in [2.24, 2.45) is 0 Å². The Labute approximate surface area is 151 Å². The van der Waals surface area contributed by atoms with Crippen molar-refractivity contribution in [1.29, 1.82) is 0 Å². The topological polar surface area (TPSA) is 106 Å². The van der Waals surface area contributed by atoms with Crippen LogP contribution in [0.25, 0.3) is 0 Å². The molecule has 0 spiro atoms. The minimum Gasteiger partial charge on any atom is -0.486 e. The molecule has 8 heteroatoms. The largest absolute Gasteiger partial charge is 0.486 e. The van der Waals surface area contributed by atoms with E-state index in [0.717, 1.165) is 5.56 Å². The minimum atomic E-state index is -0.318. The molecular formula is C18H23N3O5. The van der Waals surface area contributed by atoms with Gasteiger partial charge in [0.05, 0.1) is 32.4 Å². The first-order chi connectivity index (χ1) is 12.7. The Hall–Kier alpha value is -2.42. The molecule has 1 amide bonds. The zero-order valence-corrected chi connectivity index (χ0v) is 14.4. The average molecular weight is 361 g/mol. The van der Waals surface area contributed by atoms with Gasteiger partial charge in [-0.05, 0) is 30.2 Å². The maximum absolute atomic E-state index is 12.6. The highest BCUT2D eigenvalue weighted by Gasteiger charge is 2.30. The Kier molecular flexibility index (Phi) is 6.21. The Morgan fingerprint density at radius 3 is 2.85 bits per heavy atom. The molecule has 1 aromatic heterocycles. The van der Waals surface area contributed by atoms with E-state index in [-0.39, 0.29) is 37.8 Å². The molecule has 3 rings (SSSR count). The molecule has 2 heterocycles. The third kappa shape index (κ3) is 4.40. The number of hydrogen-bond donors (Lipinski definition) is 3. The van der Waals surface area contributed by atoms with Crippen LogP contribution < -0.4 is 10.1 Å². The van der Waals surface area contributed by atoms with Gasteiger partial charge in [-0.1, -0.05) is 12.1 Å². The fraction of sp³-hybridized carbons (Fsp3) is 0.444. The summed E-state index contributed by atoms with van der Waals surface area (Å²) in [6.45, 7) is 1.08. The Morgan fingerprint density at radius 1 is 1.31 bits per heavy atom. The highest BCUT2D eigenvalue weighted by atomic mass is 16.5. The van der Waals surface area contributed by atoms with Gasteiger partial charge in [0.25, 0.3) is 5.91 Å². The molecule has 1 aliphatic heterocycles. The molecule has 1 fully saturated rings. The third-order valence-corrected chi connectivity index (χ3v) is 4.27. The first kappa shape index (κ1) is 18.4. The molecular weight excluding hydrogens is 338 g/mol. The number of amides is 1. The van der Waals surface area contributed by atoms with Crippen molar-refractivity contribution in [3.05, 3.63) is 47.8 Å². The maximum atomic E-state index is 12.6. The van der Waals surface area contributed by atoms with Gasteiger partial charge in [-0.15, -0.1) is 0 Å². The second-order valence-electron chi connectivity index (χ2n) is 6.07. The number of hydrogen-bond acceptors (Lipinski definition) is 6. The summed E-state index contributed by atoms with van der Waals surface area (Å²) < 4.78 is 12.9. The summed E-state index contributed by atoms with van der Waals surface area (Å²) in [6, 6.07) is 8.57. The number of rotatable bonds is 7. The van der Waals surface area contributed by atoms with E-state index in [2.05, 4.69) is 10.4 Å². The summed E-state index contributed by atoms with van der Waals surface area (Å²) in [5.74, 6) is 0.398. The molecule has 3 N–H and O–H groups in total. The second-order valence-corrected chi connectivity index (χ2v) is 6.07. The molecule has 2 aromatic rings. The van der Waals surface area contributed by atoms with E-state index in [1.165, 1.54) is 10.9 Å². The van der Waals surface area contributed by atoms with Crippen molar-refractivity contribution in [3.63, 3.8) is 0 Å². The number of nitrogens with zero attached hydrogens (tertiary/aromatic N) is 2. The summed E-state index contributed by atoms with van der Waals surface area (Å²) in [4.78, 5) is 12.6. The maximum Gasteiger partial charge on any atom is 0.269 e. The molecule has 0 aliphatic carbocycles. The standard InChI is InChI=1S/C18H23N3O5/c22-9-8-21-16(5-7-19-21)18(24)20-15-6-10-25-12-17(15)26-14-3-1-13(11-23)2-4-14/h1-5,7,15,17,22-23H,6,8-12H2,(H,20,24)/t15-,17-/m1/s1. The molecule has 2 atom stereocenters. The van der Waals surface area contributed by atoms with Gasteiger partial charge in [0.1, 0.15) is 17.5 Å². The van der Waals surface area contributed by atoms with Crippen LogP contribution in [-0.4, -0.2) is 57.9 Å². The van der Waals surface area contributed by atoms with Crippen molar-refractivity contribution in [2.45, 2.75) is 31.7 Å². The van der Waals surface area contributed by atoms with E-state index < -0.39 is 0 Å². The number of carbonyl (C=O) groups is 1. The van der Waals surface area contributed by atoms with E-state index in [1.807, 2.05) is 0 Å². The van der Waals surface area contributed by atoms with Gasteiger partial charge < -0.3 is 25.0 Å². The van der Waals surface area contributed by atoms with Gasteiger partial charge in [-0.2, -0.15) is 5.10 Å². The van der Waals surface area contributed by atoms with Gasteiger partial charge in [0.15, 0.2) is 0 Å². The Morgan fingerprint density at radius 2 is 2.12 bits per heavy atom. The van der Waals surface area contributed by atoms with E-state index >= 15 is 0 Å². The molecule has 0 unspecified atom stereocenters. The molecule has 26 heavy (non-hydrogen) atoms. The first-order valence-corrected chi connectivity index (χ1v) is 8.59. The predicted molar refractivity (Wildman–Crippen MR) is 92.8 cm³/mol. The SMILES string of the molecule is O=C(N[C@@H]1CCOC[C@H]1Oc1ccc(CO)cc1)c1ccnn1CCO. The van der Waals surface area contributed by atoms with E-state index in [0.29, 0.717) is 31.1 Å². The number of nitrogens with one attached hydrogen (secondary N) is 1. The van der Waals surface area contributed by atoms with Gasteiger partial charge in [-0.25, -0.2) is 0 Å². The molecule has 140 valence electrons. The molecule has 0 radical (unpaired) electrons. The molecule has 0 saturated carbocycles. The summed E-state index contributed by atoms with van der Waals surface area (Å²) in [7, 11) is 0. The lowest BCUT2D eigenvalue weighted by molar-refractivity contribution is -0.0136. The zero-order chi connectivity index (χ0) is 18.4. The number of aliphatic hydroxyl groups excluding tert-OH is 2. The van der Waals surface area contributed by atoms with Crippen LogP contribution in [-0.2, 0) is 17.9 Å². The molecule has 1 aromatic carbocycles. The van der Waals surface area contributed by atoms with Crippen LogP contribution in [0.15, 0.2) is 36.5 Å². The minimum absolute atomic E-state index is 0.0208. The quantitative estimate of drug-likeness (QED) is 0.656. The highest BCUT2D eigenvalue weighted by molar-refractivity contribution is 5.92. The Balaban J connectivity index is 1.66. The number of aromatic nitrogens is 2. The normalized spacial score (nSPS) is 19.9. The van der Waals surface area contributed by atoms with Gasteiger partial charge >= 0.3 is 0 Å². The summed E-state index contributed by atoms with van der Waals surface area (Å²) in [5.41, 5.74) is 1.20. The fourth-order valence-corrected chi connectivity index (χ4v) is 2.88. The fourth-order valence-electron chi connectivity index (χ4n) is 2.88. The summed E-state index contributed by atoms with van der Waals surface area (Å²) >= 11 is 0. The smallest absolute Gasteiger partial charge is 0.269 e. The number of ether oxygens (including phenoxy) is 2. The van der Waals surface area contributed by atoms with Crippen LogP contribution in [0.5, 0.6) is 5.75 Å². The first-order valence-electron chi connectivity index (χ1n) is 8.59. The summed E-state index contributed by atoms with van der Waals surface area (Å²) in [6.07, 6.45) is 1.85. The average Bonchev–Trinajstić information content (AvgIpc) is 3.13. The van der Waals surface area contributed by atoms with E-state index in [4.69, 9.17) is 19.7 Å². The third-order valence-electron chi connectivity index (χ3n) is 4.27. The molecule has 1 aliphatic rings. The highest BCUT2D eigenvalue weighted by Crippen LogP contribution is 2.19. The lowest BCUT2D eigenvalue weighted by atomic mass is 10.1. The van der Waals surface area contributed by atoms with Crippen molar-refractivity contribution in [2.75, 3.05) is 19.8 Å². The van der Waals surface area contributed by atoms with Crippen molar-refractivity contribution >= 4 is 5.91 Å². The molecule has 8 nitrogen and oxygen atoms in total. The molecule has 1 saturated heterocycles. The zero-order valence-electron chi connectivity index (χ0n) is 14.4. The van der Waals surface area contributed by atoms with Crippen LogP contribution in [0.3, 0.4) is 0 Å². The van der Waals surface area contributed by atoms with Crippen LogP contribution in [0.1, 0.15) is 22.5 Å². The van der Waals surface area contributed by atoms with E-state index in [9.17, 15) is 4.79 Å². The van der Waals surface area contributed by atoms with Gasteiger partial charge in [0, 0.05) is 12.8 Å². The number of benzene rings is 1. The van der Waals surface area contributed by atoms with Crippen molar-refractivity contribution < 1.29 is 24.5 Å². The second kappa shape index (κ2) is 8.79. The van der Waals surface area contributed by atoms with Crippen molar-refractivity contribution in [1.82, 2.24) is 15.1 Å². The lowest BCUT2D eigenvalue weighted by Gasteiger charge is -2.32.